The van der Waals surface area contributed by atoms with Crippen molar-refractivity contribution in [2.24, 2.45) is 0 Å². The molecule has 1 fully saturated rings. The molecule has 1 aliphatic heterocycles. The third-order valence-electron chi connectivity index (χ3n) is 4.47. The molecule has 0 aliphatic carbocycles. The lowest BCUT2D eigenvalue weighted by atomic mass is 10.1. The van der Waals surface area contributed by atoms with Gasteiger partial charge in [0.2, 0.25) is 5.91 Å². The van der Waals surface area contributed by atoms with Crippen LogP contribution in [0, 0.1) is 0 Å². The maximum atomic E-state index is 12.4. The van der Waals surface area contributed by atoms with Crippen LogP contribution >= 0.6 is 0 Å². The van der Waals surface area contributed by atoms with E-state index in [1.165, 1.54) is 6.33 Å². The summed E-state index contributed by atoms with van der Waals surface area (Å²) in [6.45, 7) is 5.16. The van der Waals surface area contributed by atoms with Crippen LogP contribution in [-0.2, 0) is 9.53 Å². The van der Waals surface area contributed by atoms with Gasteiger partial charge in [-0.05, 0) is 31.7 Å². The van der Waals surface area contributed by atoms with Crippen molar-refractivity contribution in [3.8, 4) is 5.69 Å². The summed E-state index contributed by atoms with van der Waals surface area (Å²) < 4.78 is 7.02. The second-order valence-corrected chi connectivity index (χ2v) is 6.02. The number of aromatic nitrogens is 3. The molecule has 24 heavy (non-hydrogen) atoms. The van der Waals surface area contributed by atoms with Gasteiger partial charge in [0, 0.05) is 19.1 Å². The highest BCUT2D eigenvalue weighted by Crippen LogP contribution is 2.20. The van der Waals surface area contributed by atoms with Crippen LogP contribution in [0.5, 0.6) is 0 Å². The number of morpholine rings is 1. The first-order valence-corrected chi connectivity index (χ1v) is 8.16. The van der Waals surface area contributed by atoms with Crippen LogP contribution in [0.25, 0.3) is 5.69 Å². The van der Waals surface area contributed by atoms with E-state index in [0.29, 0.717) is 32.8 Å². The zero-order valence-electron chi connectivity index (χ0n) is 14.1. The molecular weight excluding hydrogens is 306 g/mol. The van der Waals surface area contributed by atoms with E-state index in [2.05, 4.69) is 34.0 Å². The van der Waals surface area contributed by atoms with Crippen LogP contribution in [0.3, 0.4) is 0 Å². The zero-order chi connectivity index (χ0) is 16.9. The molecule has 1 aliphatic rings. The molecule has 2 heterocycles. The Morgan fingerprint density at radius 2 is 2.00 bits per heavy atom. The topological polar surface area (TPSA) is 63.5 Å². The van der Waals surface area contributed by atoms with Crippen molar-refractivity contribution in [3.63, 3.8) is 0 Å². The van der Waals surface area contributed by atoms with E-state index in [0.717, 1.165) is 11.3 Å². The first-order valence-electron chi connectivity index (χ1n) is 8.16. The normalized spacial score (nSPS) is 16.4. The SMILES string of the molecule is C[C@H](c1ccc(-n2cncn2)cc1)N(C)CC(=O)N1CCOCC1. The monoisotopic (exact) mass is 329 g/mol. The fraction of sp³-hybridized carbons (Fsp3) is 0.471. The van der Waals surface area contributed by atoms with Gasteiger partial charge >= 0.3 is 0 Å². The number of hydrogen-bond acceptors (Lipinski definition) is 5. The Balaban J connectivity index is 1.60. The van der Waals surface area contributed by atoms with Crippen LogP contribution < -0.4 is 0 Å². The molecule has 1 saturated heterocycles. The van der Waals surface area contributed by atoms with Crippen LogP contribution in [0.2, 0.25) is 0 Å². The Bertz CT molecular complexity index is 650. The standard InChI is InChI=1S/C17H23N5O2/c1-14(20(2)11-17(23)21-7-9-24-10-8-21)15-3-5-16(6-4-15)22-13-18-12-19-22/h3-6,12-14H,7-11H2,1-2H3/t14-/m1/s1. The average molecular weight is 329 g/mol. The molecular formula is C17H23N5O2. The minimum absolute atomic E-state index is 0.153. The van der Waals surface area contributed by atoms with Crippen molar-refractivity contribution in [1.82, 2.24) is 24.6 Å². The lowest BCUT2D eigenvalue weighted by Gasteiger charge is -2.31. The van der Waals surface area contributed by atoms with Crippen molar-refractivity contribution in [3.05, 3.63) is 42.5 Å². The largest absolute Gasteiger partial charge is 0.378 e. The van der Waals surface area contributed by atoms with Crippen molar-refractivity contribution in [2.75, 3.05) is 39.9 Å². The van der Waals surface area contributed by atoms with Crippen molar-refractivity contribution in [1.29, 1.82) is 0 Å². The van der Waals surface area contributed by atoms with Gasteiger partial charge in [-0.1, -0.05) is 12.1 Å². The summed E-state index contributed by atoms with van der Waals surface area (Å²) in [7, 11) is 1.98. The van der Waals surface area contributed by atoms with E-state index in [-0.39, 0.29) is 11.9 Å². The maximum Gasteiger partial charge on any atom is 0.236 e. The number of hydrogen-bond donors (Lipinski definition) is 0. The van der Waals surface area contributed by atoms with Gasteiger partial charge in [0.15, 0.2) is 0 Å². The van der Waals surface area contributed by atoms with Gasteiger partial charge in [-0.2, -0.15) is 5.10 Å². The first kappa shape index (κ1) is 16.6. The number of rotatable bonds is 5. The number of ether oxygens (including phenoxy) is 1. The molecule has 0 radical (unpaired) electrons. The van der Waals surface area contributed by atoms with E-state index in [4.69, 9.17) is 4.74 Å². The van der Waals surface area contributed by atoms with Gasteiger partial charge in [-0.3, -0.25) is 9.69 Å². The Kier molecular flexibility index (Phi) is 5.22. The van der Waals surface area contributed by atoms with Gasteiger partial charge in [0.1, 0.15) is 12.7 Å². The highest BCUT2D eigenvalue weighted by Gasteiger charge is 2.21. The Morgan fingerprint density at radius 3 is 2.62 bits per heavy atom. The van der Waals surface area contributed by atoms with E-state index in [1.807, 2.05) is 24.1 Å². The Hall–Kier alpha value is -2.25. The molecule has 1 aromatic heterocycles. The van der Waals surface area contributed by atoms with Crippen molar-refractivity contribution in [2.45, 2.75) is 13.0 Å². The number of carbonyl (C=O) groups excluding carboxylic acids is 1. The Labute approximate surface area is 141 Å². The predicted molar refractivity (Wildman–Crippen MR) is 89.8 cm³/mol. The highest BCUT2D eigenvalue weighted by atomic mass is 16.5. The van der Waals surface area contributed by atoms with Gasteiger partial charge in [-0.15, -0.1) is 0 Å². The molecule has 0 N–H and O–H groups in total. The summed E-state index contributed by atoms with van der Waals surface area (Å²) in [6.07, 6.45) is 3.19. The molecule has 0 bridgehead atoms. The number of amides is 1. The lowest BCUT2D eigenvalue weighted by Crippen LogP contribution is -2.45. The molecule has 3 rings (SSSR count). The molecule has 7 nitrogen and oxygen atoms in total. The number of benzene rings is 1. The highest BCUT2D eigenvalue weighted by molar-refractivity contribution is 5.78. The summed E-state index contributed by atoms with van der Waals surface area (Å²) in [4.78, 5) is 20.3. The van der Waals surface area contributed by atoms with Gasteiger partial charge in [-0.25, -0.2) is 9.67 Å². The Morgan fingerprint density at radius 1 is 1.29 bits per heavy atom. The smallest absolute Gasteiger partial charge is 0.236 e. The van der Waals surface area contributed by atoms with E-state index < -0.39 is 0 Å². The number of likely N-dealkylation sites (N-methyl/N-ethyl adjacent to an activating group) is 1. The molecule has 1 aromatic carbocycles. The number of nitrogens with zero attached hydrogens (tertiary/aromatic N) is 5. The predicted octanol–water partition coefficient (Wildman–Crippen LogP) is 1.12. The molecule has 0 spiro atoms. The zero-order valence-corrected chi connectivity index (χ0v) is 14.1. The van der Waals surface area contributed by atoms with Crippen LogP contribution in [0.15, 0.2) is 36.9 Å². The second-order valence-electron chi connectivity index (χ2n) is 6.02. The third kappa shape index (κ3) is 3.80. The molecule has 1 atom stereocenters. The minimum Gasteiger partial charge on any atom is -0.378 e. The fourth-order valence-electron chi connectivity index (χ4n) is 2.76. The third-order valence-corrected chi connectivity index (χ3v) is 4.47. The van der Waals surface area contributed by atoms with Crippen LogP contribution in [-0.4, -0.2) is 70.4 Å². The molecule has 128 valence electrons. The van der Waals surface area contributed by atoms with Crippen LogP contribution in [0.1, 0.15) is 18.5 Å². The van der Waals surface area contributed by atoms with E-state index >= 15 is 0 Å². The summed E-state index contributed by atoms with van der Waals surface area (Å²) in [5, 5.41) is 4.12. The molecule has 0 unspecified atom stereocenters. The van der Waals surface area contributed by atoms with Gasteiger partial charge in [0.25, 0.3) is 0 Å². The van der Waals surface area contributed by atoms with E-state index in [1.54, 1.807) is 11.0 Å². The second kappa shape index (κ2) is 7.55. The summed E-state index contributed by atoms with van der Waals surface area (Å²) in [5.74, 6) is 0.159. The van der Waals surface area contributed by atoms with Crippen LogP contribution in [0.4, 0.5) is 0 Å². The summed E-state index contributed by atoms with van der Waals surface area (Å²) in [6, 6.07) is 8.31. The molecule has 7 heteroatoms. The maximum absolute atomic E-state index is 12.4. The van der Waals surface area contributed by atoms with Gasteiger partial charge in [0.05, 0.1) is 25.4 Å². The van der Waals surface area contributed by atoms with Gasteiger partial charge < -0.3 is 9.64 Å². The fourth-order valence-corrected chi connectivity index (χ4v) is 2.76. The lowest BCUT2D eigenvalue weighted by molar-refractivity contribution is -0.136. The minimum atomic E-state index is 0.153. The summed E-state index contributed by atoms with van der Waals surface area (Å²) in [5.41, 5.74) is 2.13. The molecule has 0 saturated carbocycles. The summed E-state index contributed by atoms with van der Waals surface area (Å²) >= 11 is 0. The first-order chi connectivity index (χ1) is 11.6. The van der Waals surface area contributed by atoms with Crippen molar-refractivity contribution >= 4 is 5.91 Å². The van der Waals surface area contributed by atoms with Crippen molar-refractivity contribution < 1.29 is 9.53 Å². The molecule has 2 aromatic rings. The van der Waals surface area contributed by atoms with E-state index in [9.17, 15) is 4.79 Å². The average Bonchev–Trinajstić information content (AvgIpc) is 3.16. The number of carbonyl (C=O) groups is 1. The molecule has 1 amide bonds. The quantitative estimate of drug-likeness (QED) is 0.822.